The van der Waals surface area contributed by atoms with Crippen molar-refractivity contribution in [3.63, 3.8) is 0 Å². The van der Waals surface area contributed by atoms with Crippen LogP contribution in [0.25, 0.3) is 0 Å². The van der Waals surface area contributed by atoms with Gasteiger partial charge in [-0.05, 0) is 12.0 Å². The lowest BCUT2D eigenvalue weighted by molar-refractivity contribution is -0.142. The minimum absolute atomic E-state index is 0.0233. The van der Waals surface area contributed by atoms with E-state index in [0.29, 0.717) is 19.6 Å². The van der Waals surface area contributed by atoms with Crippen LogP contribution >= 0.6 is 0 Å². The number of hydrogen-bond donors (Lipinski definition) is 0. The van der Waals surface area contributed by atoms with Crippen molar-refractivity contribution < 1.29 is 14.3 Å². The number of benzene rings is 1. The summed E-state index contributed by atoms with van der Waals surface area (Å²) in [5.74, 6) is -0.151. The van der Waals surface area contributed by atoms with Gasteiger partial charge in [-0.3, -0.25) is 4.79 Å². The predicted octanol–water partition coefficient (Wildman–Crippen LogP) is 1.91. The van der Waals surface area contributed by atoms with Crippen molar-refractivity contribution in [2.45, 2.75) is 18.3 Å². The Balaban J connectivity index is 2.06. The molecule has 2 rings (SSSR count). The van der Waals surface area contributed by atoms with Crippen LogP contribution < -0.4 is 0 Å². The second kappa shape index (κ2) is 4.66. The summed E-state index contributed by atoms with van der Waals surface area (Å²) in [5.41, 5.74) is 1.28. The number of carbonyl (C=O) groups is 1. The third-order valence-corrected chi connectivity index (χ3v) is 3.18. The largest absolute Gasteiger partial charge is 0.469 e. The van der Waals surface area contributed by atoms with Crippen LogP contribution in [-0.2, 0) is 19.7 Å². The molecule has 0 saturated carbocycles. The van der Waals surface area contributed by atoms with Crippen molar-refractivity contribution in [2.75, 3.05) is 20.3 Å². The molecule has 1 fully saturated rings. The van der Waals surface area contributed by atoms with Gasteiger partial charge in [0.1, 0.15) is 0 Å². The quantitative estimate of drug-likeness (QED) is 0.727. The van der Waals surface area contributed by atoms with Crippen molar-refractivity contribution in [3.05, 3.63) is 35.9 Å². The van der Waals surface area contributed by atoms with Crippen LogP contribution in [0.1, 0.15) is 18.4 Å². The summed E-state index contributed by atoms with van der Waals surface area (Å²) < 4.78 is 9.98. The number of ether oxygens (including phenoxy) is 2. The average molecular weight is 220 g/mol. The lowest BCUT2D eigenvalue weighted by Crippen LogP contribution is -2.47. The van der Waals surface area contributed by atoms with E-state index in [-0.39, 0.29) is 11.4 Å². The van der Waals surface area contributed by atoms with Gasteiger partial charge in [0.05, 0.1) is 20.3 Å². The highest BCUT2D eigenvalue weighted by Crippen LogP contribution is 2.36. The van der Waals surface area contributed by atoms with E-state index in [2.05, 4.69) is 16.9 Å². The summed E-state index contributed by atoms with van der Waals surface area (Å²) in [7, 11) is 1.43. The fourth-order valence-corrected chi connectivity index (χ4v) is 2.04. The fourth-order valence-electron chi connectivity index (χ4n) is 2.04. The zero-order chi connectivity index (χ0) is 11.4. The number of carbonyl (C=O) groups excluding carboxylic acids is 1. The second-order valence-electron chi connectivity index (χ2n) is 4.22. The van der Waals surface area contributed by atoms with Gasteiger partial charge in [-0.1, -0.05) is 30.3 Å². The maximum atomic E-state index is 11.2. The molecule has 0 unspecified atom stereocenters. The van der Waals surface area contributed by atoms with Crippen LogP contribution in [-0.4, -0.2) is 26.3 Å². The van der Waals surface area contributed by atoms with Crippen LogP contribution in [0.2, 0.25) is 0 Å². The van der Waals surface area contributed by atoms with Crippen molar-refractivity contribution in [1.82, 2.24) is 0 Å². The second-order valence-corrected chi connectivity index (χ2v) is 4.22. The highest BCUT2D eigenvalue weighted by molar-refractivity contribution is 5.69. The van der Waals surface area contributed by atoms with E-state index in [1.54, 1.807) is 0 Å². The first kappa shape index (κ1) is 11.1. The zero-order valence-corrected chi connectivity index (χ0v) is 9.44. The molecule has 16 heavy (non-hydrogen) atoms. The molecule has 86 valence electrons. The van der Waals surface area contributed by atoms with Gasteiger partial charge in [-0.25, -0.2) is 0 Å². The first-order chi connectivity index (χ1) is 7.77. The van der Waals surface area contributed by atoms with Crippen molar-refractivity contribution >= 4 is 5.97 Å². The Morgan fingerprint density at radius 1 is 1.38 bits per heavy atom. The molecule has 1 heterocycles. The maximum Gasteiger partial charge on any atom is 0.305 e. The van der Waals surface area contributed by atoms with Gasteiger partial charge >= 0.3 is 5.97 Å². The highest BCUT2D eigenvalue weighted by Gasteiger charge is 2.40. The van der Waals surface area contributed by atoms with Gasteiger partial charge in [0.2, 0.25) is 0 Å². The Labute approximate surface area is 95.4 Å². The van der Waals surface area contributed by atoms with Crippen molar-refractivity contribution in [2.24, 2.45) is 0 Å². The molecule has 1 aliphatic rings. The van der Waals surface area contributed by atoms with Crippen molar-refractivity contribution in [3.8, 4) is 0 Å². The van der Waals surface area contributed by atoms with Crippen LogP contribution in [0.3, 0.4) is 0 Å². The van der Waals surface area contributed by atoms with Gasteiger partial charge in [0.25, 0.3) is 0 Å². The Morgan fingerprint density at radius 2 is 2.06 bits per heavy atom. The van der Waals surface area contributed by atoms with E-state index in [4.69, 9.17) is 4.74 Å². The molecule has 3 heteroatoms. The van der Waals surface area contributed by atoms with E-state index < -0.39 is 0 Å². The number of methoxy groups -OCH3 is 1. The lowest BCUT2D eigenvalue weighted by Gasteiger charge is -2.42. The number of esters is 1. The Bertz CT molecular complexity index is 355. The van der Waals surface area contributed by atoms with Crippen LogP contribution in [0.15, 0.2) is 30.3 Å². The molecule has 1 aromatic rings. The molecule has 0 atom stereocenters. The minimum atomic E-state index is -0.151. The van der Waals surface area contributed by atoms with E-state index >= 15 is 0 Å². The smallest absolute Gasteiger partial charge is 0.305 e. The molecule has 0 bridgehead atoms. The maximum absolute atomic E-state index is 11.2. The summed E-state index contributed by atoms with van der Waals surface area (Å²) in [6.07, 6.45) is 1.25. The summed E-state index contributed by atoms with van der Waals surface area (Å²) in [4.78, 5) is 11.2. The Hall–Kier alpha value is -1.35. The molecule has 0 N–H and O–H groups in total. The number of rotatable bonds is 4. The predicted molar refractivity (Wildman–Crippen MR) is 60.2 cm³/mol. The Kier molecular flexibility index (Phi) is 3.25. The molecular formula is C13H16O3. The monoisotopic (exact) mass is 220 g/mol. The average Bonchev–Trinajstić information content (AvgIpc) is 2.29. The van der Waals surface area contributed by atoms with Gasteiger partial charge in [0, 0.05) is 11.8 Å². The van der Waals surface area contributed by atoms with Gasteiger partial charge in [-0.2, -0.15) is 0 Å². The fraction of sp³-hybridized carbons (Fsp3) is 0.462. The summed E-state index contributed by atoms with van der Waals surface area (Å²) >= 11 is 0. The van der Waals surface area contributed by atoms with Gasteiger partial charge < -0.3 is 9.47 Å². The van der Waals surface area contributed by atoms with Crippen LogP contribution in [0.5, 0.6) is 0 Å². The van der Waals surface area contributed by atoms with Crippen LogP contribution in [0, 0.1) is 0 Å². The third-order valence-electron chi connectivity index (χ3n) is 3.18. The van der Waals surface area contributed by atoms with Gasteiger partial charge in [-0.15, -0.1) is 0 Å². The van der Waals surface area contributed by atoms with Gasteiger partial charge in [0.15, 0.2) is 0 Å². The summed E-state index contributed by atoms with van der Waals surface area (Å²) in [6, 6.07) is 10.2. The van der Waals surface area contributed by atoms with E-state index in [1.807, 2.05) is 18.2 Å². The standard InChI is InChI=1S/C13H16O3/c1-15-12(14)7-8-13(9-16-10-13)11-5-3-2-4-6-11/h2-6H,7-10H2,1H3. The molecule has 1 aromatic carbocycles. The van der Waals surface area contributed by atoms with Crippen molar-refractivity contribution in [1.29, 1.82) is 0 Å². The molecule has 1 saturated heterocycles. The molecule has 1 aliphatic heterocycles. The van der Waals surface area contributed by atoms with E-state index in [9.17, 15) is 4.79 Å². The lowest BCUT2D eigenvalue weighted by atomic mass is 9.75. The SMILES string of the molecule is COC(=O)CCC1(c2ccccc2)COC1. The molecule has 0 aliphatic carbocycles. The minimum Gasteiger partial charge on any atom is -0.469 e. The topological polar surface area (TPSA) is 35.5 Å². The summed E-state index contributed by atoms with van der Waals surface area (Å²) in [5, 5.41) is 0. The molecular weight excluding hydrogens is 204 g/mol. The molecule has 0 radical (unpaired) electrons. The number of hydrogen-bond acceptors (Lipinski definition) is 3. The first-order valence-electron chi connectivity index (χ1n) is 5.47. The first-order valence-corrected chi connectivity index (χ1v) is 5.47. The van der Waals surface area contributed by atoms with E-state index in [1.165, 1.54) is 12.7 Å². The molecule has 0 spiro atoms. The van der Waals surface area contributed by atoms with Crippen LogP contribution in [0.4, 0.5) is 0 Å². The summed E-state index contributed by atoms with van der Waals surface area (Å²) in [6.45, 7) is 1.40. The zero-order valence-electron chi connectivity index (χ0n) is 9.44. The highest BCUT2D eigenvalue weighted by atomic mass is 16.5. The molecule has 0 aromatic heterocycles. The van der Waals surface area contributed by atoms with E-state index in [0.717, 1.165) is 6.42 Å². The normalized spacial score (nSPS) is 17.6. The Morgan fingerprint density at radius 3 is 2.56 bits per heavy atom. The molecule has 0 amide bonds. The third kappa shape index (κ3) is 2.09. The molecule has 3 nitrogen and oxygen atoms in total.